The maximum Gasteiger partial charge on any atom is 0.219 e. The predicted octanol–water partition coefficient (Wildman–Crippen LogP) is -0.667. The standard InChI is InChI=1S/C8H17N3O/c9-7(12)6-8(10)2-1-4-11-5-3-8/h11H,1-6,10H2,(H2,9,12). The van der Waals surface area contributed by atoms with E-state index in [4.69, 9.17) is 11.5 Å². The fourth-order valence-corrected chi connectivity index (χ4v) is 1.68. The van der Waals surface area contributed by atoms with Crippen LogP contribution in [0.3, 0.4) is 0 Å². The number of amides is 1. The summed E-state index contributed by atoms with van der Waals surface area (Å²) in [7, 11) is 0. The Morgan fingerprint density at radius 3 is 2.83 bits per heavy atom. The Balaban J connectivity index is 2.48. The van der Waals surface area contributed by atoms with Gasteiger partial charge in [0.25, 0.3) is 0 Å². The molecular formula is C8H17N3O. The fraction of sp³-hybridized carbons (Fsp3) is 0.875. The van der Waals surface area contributed by atoms with Crippen molar-refractivity contribution in [2.24, 2.45) is 11.5 Å². The first-order valence-electron chi connectivity index (χ1n) is 4.40. The topological polar surface area (TPSA) is 81.1 Å². The van der Waals surface area contributed by atoms with Crippen LogP contribution >= 0.6 is 0 Å². The fourth-order valence-electron chi connectivity index (χ4n) is 1.68. The maximum absolute atomic E-state index is 10.7. The van der Waals surface area contributed by atoms with Crippen LogP contribution in [0.1, 0.15) is 25.7 Å². The number of carbonyl (C=O) groups is 1. The van der Waals surface area contributed by atoms with Gasteiger partial charge >= 0.3 is 0 Å². The van der Waals surface area contributed by atoms with Gasteiger partial charge in [0.1, 0.15) is 0 Å². The van der Waals surface area contributed by atoms with E-state index in [1.807, 2.05) is 0 Å². The second kappa shape index (κ2) is 3.87. The van der Waals surface area contributed by atoms with Crippen molar-refractivity contribution in [2.75, 3.05) is 13.1 Å². The molecule has 70 valence electrons. The number of nitrogens with one attached hydrogen (secondary N) is 1. The van der Waals surface area contributed by atoms with Crippen LogP contribution in [0.2, 0.25) is 0 Å². The van der Waals surface area contributed by atoms with Crippen LogP contribution in [-0.2, 0) is 4.79 Å². The van der Waals surface area contributed by atoms with Gasteiger partial charge in [-0.25, -0.2) is 0 Å². The van der Waals surface area contributed by atoms with Crippen molar-refractivity contribution in [3.63, 3.8) is 0 Å². The van der Waals surface area contributed by atoms with Crippen molar-refractivity contribution in [1.82, 2.24) is 5.32 Å². The van der Waals surface area contributed by atoms with Crippen molar-refractivity contribution in [2.45, 2.75) is 31.2 Å². The SMILES string of the molecule is NC(=O)CC1(N)CCCNCC1. The summed E-state index contributed by atoms with van der Waals surface area (Å²) in [5, 5.41) is 3.24. The third-order valence-electron chi connectivity index (χ3n) is 2.35. The van der Waals surface area contributed by atoms with Gasteiger partial charge in [-0.2, -0.15) is 0 Å². The average Bonchev–Trinajstić information content (AvgIpc) is 2.12. The number of rotatable bonds is 2. The molecule has 0 aromatic carbocycles. The first-order chi connectivity index (χ1) is 5.62. The van der Waals surface area contributed by atoms with E-state index < -0.39 is 0 Å². The van der Waals surface area contributed by atoms with Gasteiger partial charge in [0.05, 0.1) is 0 Å². The first kappa shape index (κ1) is 9.48. The van der Waals surface area contributed by atoms with Crippen molar-refractivity contribution in [3.05, 3.63) is 0 Å². The molecule has 1 heterocycles. The van der Waals surface area contributed by atoms with E-state index in [1.165, 1.54) is 0 Å². The smallest absolute Gasteiger partial charge is 0.219 e. The zero-order valence-corrected chi connectivity index (χ0v) is 7.31. The van der Waals surface area contributed by atoms with Crippen LogP contribution in [0.5, 0.6) is 0 Å². The minimum absolute atomic E-state index is 0.292. The molecule has 0 aliphatic carbocycles. The molecule has 1 fully saturated rings. The van der Waals surface area contributed by atoms with Crippen LogP contribution in [0.25, 0.3) is 0 Å². The normalized spacial score (nSPS) is 31.1. The number of nitrogens with two attached hydrogens (primary N) is 2. The lowest BCUT2D eigenvalue weighted by molar-refractivity contribution is -0.119. The lowest BCUT2D eigenvalue weighted by Gasteiger charge is -2.25. The third-order valence-corrected chi connectivity index (χ3v) is 2.35. The van der Waals surface area contributed by atoms with Crippen LogP contribution in [0.4, 0.5) is 0 Å². The summed E-state index contributed by atoms with van der Waals surface area (Å²) >= 11 is 0. The van der Waals surface area contributed by atoms with Crippen LogP contribution in [0.15, 0.2) is 0 Å². The molecule has 0 saturated carbocycles. The molecule has 0 spiro atoms. The Kier molecular flexibility index (Phi) is 3.05. The highest BCUT2D eigenvalue weighted by Crippen LogP contribution is 2.19. The van der Waals surface area contributed by atoms with E-state index in [9.17, 15) is 4.79 Å². The molecule has 5 N–H and O–H groups in total. The summed E-state index contributed by atoms with van der Waals surface area (Å²) in [6.07, 6.45) is 3.08. The Bertz CT molecular complexity index is 162. The third kappa shape index (κ3) is 2.79. The van der Waals surface area contributed by atoms with Gasteiger partial charge < -0.3 is 16.8 Å². The Morgan fingerprint density at radius 2 is 2.17 bits per heavy atom. The summed E-state index contributed by atoms with van der Waals surface area (Å²) in [4.78, 5) is 10.7. The minimum Gasteiger partial charge on any atom is -0.370 e. The molecule has 1 aliphatic rings. The summed E-state index contributed by atoms with van der Waals surface area (Å²) in [5.74, 6) is -0.292. The highest BCUT2D eigenvalue weighted by Gasteiger charge is 2.27. The molecule has 1 aliphatic heterocycles. The Hall–Kier alpha value is -0.610. The van der Waals surface area contributed by atoms with E-state index in [1.54, 1.807) is 0 Å². The Labute approximate surface area is 72.7 Å². The van der Waals surface area contributed by atoms with Crippen molar-refractivity contribution in [3.8, 4) is 0 Å². The zero-order valence-electron chi connectivity index (χ0n) is 7.31. The van der Waals surface area contributed by atoms with Crippen LogP contribution in [0, 0.1) is 0 Å². The molecule has 12 heavy (non-hydrogen) atoms. The van der Waals surface area contributed by atoms with Crippen molar-refractivity contribution in [1.29, 1.82) is 0 Å². The van der Waals surface area contributed by atoms with Crippen LogP contribution < -0.4 is 16.8 Å². The molecule has 0 aromatic heterocycles. The second-order valence-corrected chi connectivity index (χ2v) is 3.61. The van der Waals surface area contributed by atoms with Gasteiger partial charge in [0.15, 0.2) is 0 Å². The number of carbonyl (C=O) groups excluding carboxylic acids is 1. The molecule has 4 nitrogen and oxygen atoms in total. The maximum atomic E-state index is 10.7. The number of hydrogen-bond donors (Lipinski definition) is 3. The quantitative estimate of drug-likeness (QED) is 0.515. The molecule has 0 radical (unpaired) electrons. The van der Waals surface area contributed by atoms with Gasteiger partial charge in [0.2, 0.25) is 5.91 Å². The van der Waals surface area contributed by atoms with Gasteiger partial charge in [-0.15, -0.1) is 0 Å². The molecule has 1 rings (SSSR count). The van der Waals surface area contributed by atoms with E-state index in [2.05, 4.69) is 5.32 Å². The lowest BCUT2D eigenvalue weighted by atomic mass is 9.88. The van der Waals surface area contributed by atoms with Gasteiger partial charge in [0, 0.05) is 12.0 Å². The summed E-state index contributed by atoms with van der Waals surface area (Å²) < 4.78 is 0. The van der Waals surface area contributed by atoms with E-state index in [0.29, 0.717) is 6.42 Å². The highest BCUT2D eigenvalue weighted by atomic mass is 16.1. The highest BCUT2D eigenvalue weighted by molar-refractivity contribution is 5.75. The molecule has 1 amide bonds. The van der Waals surface area contributed by atoms with Crippen LogP contribution in [-0.4, -0.2) is 24.5 Å². The molecule has 1 atom stereocenters. The molecule has 0 aromatic rings. The number of primary amides is 1. The zero-order chi connectivity index (χ0) is 9.03. The minimum atomic E-state index is -0.352. The molecular weight excluding hydrogens is 154 g/mol. The summed E-state index contributed by atoms with van der Waals surface area (Å²) in [5.41, 5.74) is 10.8. The molecule has 1 saturated heterocycles. The van der Waals surface area contributed by atoms with Gasteiger partial charge in [-0.3, -0.25) is 4.79 Å². The summed E-state index contributed by atoms with van der Waals surface area (Å²) in [6, 6.07) is 0. The predicted molar refractivity (Wildman–Crippen MR) is 47.5 cm³/mol. The Morgan fingerprint density at radius 1 is 1.42 bits per heavy atom. The summed E-state index contributed by atoms with van der Waals surface area (Å²) in [6.45, 7) is 1.89. The van der Waals surface area contributed by atoms with Gasteiger partial charge in [-0.05, 0) is 32.4 Å². The second-order valence-electron chi connectivity index (χ2n) is 3.61. The molecule has 1 unspecified atom stereocenters. The number of hydrogen-bond acceptors (Lipinski definition) is 3. The van der Waals surface area contributed by atoms with E-state index >= 15 is 0 Å². The van der Waals surface area contributed by atoms with Gasteiger partial charge in [-0.1, -0.05) is 0 Å². The molecule has 0 bridgehead atoms. The van der Waals surface area contributed by atoms with Crippen molar-refractivity contribution < 1.29 is 4.79 Å². The largest absolute Gasteiger partial charge is 0.370 e. The van der Waals surface area contributed by atoms with E-state index in [-0.39, 0.29) is 11.4 Å². The van der Waals surface area contributed by atoms with Crippen molar-refractivity contribution >= 4 is 5.91 Å². The lowest BCUT2D eigenvalue weighted by Crippen LogP contribution is -2.44. The monoisotopic (exact) mass is 171 g/mol. The molecule has 4 heteroatoms. The average molecular weight is 171 g/mol. The first-order valence-corrected chi connectivity index (χ1v) is 4.40. The van der Waals surface area contributed by atoms with E-state index in [0.717, 1.165) is 32.4 Å².